The molecule has 0 aliphatic rings. The van der Waals surface area contributed by atoms with Gasteiger partial charge in [0.2, 0.25) is 5.91 Å². The highest BCUT2D eigenvalue weighted by molar-refractivity contribution is 5.90. The fraction of sp³-hybridized carbons (Fsp3) is 0.389. The lowest BCUT2D eigenvalue weighted by Crippen LogP contribution is -2.38. The molecule has 0 saturated carbocycles. The maximum absolute atomic E-state index is 11.9. The van der Waals surface area contributed by atoms with Gasteiger partial charge in [-0.25, -0.2) is 9.78 Å². The van der Waals surface area contributed by atoms with Gasteiger partial charge in [0.1, 0.15) is 17.3 Å². The number of aromatic nitrogens is 1. The lowest BCUT2D eigenvalue weighted by molar-refractivity contribution is -0.116. The van der Waals surface area contributed by atoms with Gasteiger partial charge in [0.15, 0.2) is 0 Å². The van der Waals surface area contributed by atoms with Crippen LogP contribution >= 0.6 is 0 Å². The van der Waals surface area contributed by atoms with Crippen LogP contribution in [0.25, 0.3) is 0 Å². The normalized spacial score (nSPS) is 11.7. The lowest BCUT2D eigenvalue weighted by Gasteiger charge is -2.14. The summed E-state index contributed by atoms with van der Waals surface area (Å²) in [5, 5.41) is 8.18. The molecule has 0 aliphatic carbocycles. The molecule has 0 bridgehead atoms. The van der Waals surface area contributed by atoms with Crippen LogP contribution in [0.5, 0.6) is 0 Å². The number of hydrogen-bond acceptors (Lipinski definition) is 4. The van der Waals surface area contributed by atoms with E-state index in [0.29, 0.717) is 5.82 Å². The average Bonchev–Trinajstić information content (AvgIpc) is 2.88. The predicted molar refractivity (Wildman–Crippen MR) is 95.4 cm³/mol. The van der Waals surface area contributed by atoms with E-state index in [9.17, 15) is 9.59 Å². The minimum atomic E-state index is -0.327. The largest absolute Gasteiger partial charge is 0.466 e. The van der Waals surface area contributed by atoms with E-state index in [1.54, 1.807) is 12.3 Å². The number of nitrogens with one attached hydrogen (secondary N) is 3. The zero-order valence-corrected chi connectivity index (χ0v) is 15.0. The molecule has 1 unspecified atom stereocenters. The van der Waals surface area contributed by atoms with Crippen LogP contribution < -0.4 is 16.0 Å². The van der Waals surface area contributed by atoms with Crippen LogP contribution in [0.15, 0.2) is 28.8 Å². The highest BCUT2D eigenvalue weighted by atomic mass is 16.3. The second-order valence-electron chi connectivity index (χ2n) is 6.01. The first-order valence-corrected chi connectivity index (χ1v) is 8.19. The molecule has 25 heavy (non-hydrogen) atoms. The Bertz CT molecular complexity index is 737. The van der Waals surface area contributed by atoms with Crippen molar-refractivity contribution in [2.75, 3.05) is 11.9 Å². The van der Waals surface area contributed by atoms with Gasteiger partial charge in [-0.1, -0.05) is 6.07 Å². The summed E-state index contributed by atoms with van der Waals surface area (Å²) in [6.45, 7) is 7.77. The van der Waals surface area contributed by atoms with Gasteiger partial charge in [0.05, 0.1) is 6.04 Å². The van der Waals surface area contributed by atoms with Crippen molar-refractivity contribution in [3.05, 3.63) is 47.0 Å². The van der Waals surface area contributed by atoms with E-state index in [1.165, 1.54) is 0 Å². The van der Waals surface area contributed by atoms with Gasteiger partial charge < -0.3 is 20.4 Å². The van der Waals surface area contributed by atoms with Crippen molar-refractivity contribution in [3.8, 4) is 0 Å². The van der Waals surface area contributed by atoms with Gasteiger partial charge >= 0.3 is 6.03 Å². The molecule has 7 heteroatoms. The number of urea groups is 1. The Morgan fingerprint density at radius 3 is 2.60 bits per heavy atom. The van der Waals surface area contributed by atoms with Gasteiger partial charge in [-0.3, -0.25) is 4.79 Å². The average molecular weight is 344 g/mol. The van der Waals surface area contributed by atoms with Crippen LogP contribution in [0, 0.1) is 20.8 Å². The molecule has 3 N–H and O–H groups in total. The Labute approximate surface area is 147 Å². The number of aryl methyl sites for hydroxylation is 3. The molecule has 7 nitrogen and oxygen atoms in total. The molecule has 134 valence electrons. The number of pyridine rings is 1. The maximum Gasteiger partial charge on any atom is 0.315 e. The van der Waals surface area contributed by atoms with E-state index in [0.717, 1.165) is 22.6 Å². The van der Waals surface area contributed by atoms with Gasteiger partial charge in [0.25, 0.3) is 0 Å². The zero-order valence-electron chi connectivity index (χ0n) is 15.0. The third-order valence-corrected chi connectivity index (χ3v) is 3.71. The Balaban J connectivity index is 1.72. The predicted octanol–water partition coefficient (Wildman–Crippen LogP) is 2.99. The number of carbonyl (C=O) groups excluding carboxylic acids is 2. The first kappa shape index (κ1) is 18.5. The fourth-order valence-corrected chi connectivity index (χ4v) is 2.44. The van der Waals surface area contributed by atoms with Crippen molar-refractivity contribution in [1.82, 2.24) is 15.6 Å². The number of nitrogens with zero attached hydrogens (tertiary/aromatic N) is 1. The van der Waals surface area contributed by atoms with Crippen molar-refractivity contribution < 1.29 is 14.0 Å². The van der Waals surface area contributed by atoms with Gasteiger partial charge in [-0.2, -0.15) is 0 Å². The Morgan fingerprint density at radius 2 is 2.00 bits per heavy atom. The first-order valence-electron chi connectivity index (χ1n) is 8.19. The summed E-state index contributed by atoms with van der Waals surface area (Å²) in [6.07, 6.45) is 1.85. The molecule has 0 aromatic carbocycles. The van der Waals surface area contributed by atoms with Gasteiger partial charge in [-0.15, -0.1) is 0 Å². The van der Waals surface area contributed by atoms with E-state index >= 15 is 0 Å². The van der Waals surface area contributed by atoms with Crippen molar-refractivity contribution >= 4 is 17.8 Å². The molecule has 0 saturated heterocycles. The van der Waals surface area contributed by atoms with Crippen molar-refractivity contribution in [1.29, 1.82) is 0 Å². The smallest absolute Gasteiger partial charge is 0.315 e. The number of amides is 3. The van der Waals surface area contributed by atoms with Gasteiger partial charge in [-0.05, 0) is 45.4 Å². The van der Waals surface area contributed by atoms with E-state index in [2.05, 4.69) is 20.9 Å². The second kappa shape index (κ2) is 8.32. The highest BCUT2D eigenvalue weighted by Crippen LogP contribution is 2.20. The summed E-state index contributed by atoms with van der Waals surface area (Å²) >= 11 is 0. The fourth-order valence-electron chi connectivity index (χ4n) is 2.44. The molecule has 0 aliphatic heterocycles. The molecule has 2 aromatic heterocycles. The van der Waals surface area contributed by atoms with Crippen molar-refractivity contribution in [2.24, 2.45) is 0 Å². The van der Waals surface area contributed by atoms with Gasteiger partial charge in [0, 0.05) is 24.7 Å². The highest BCUT2D eigenvalue weighted by Gasteiger charge is 2.15. The summed E-state index contributed by atoms with van der Waals surface area (Å²) < 4.78 is 5.46. The third kappa shape index (κ3) is 5.63. The topological polar surface area (TPSA) is 96.3 Å². The molecule has 1 atom stereocenters. The quantitative estimate of drug-likeness (QED) is 0.750. The van der Waals surface area contributed by atoms with Crippen LogP contribution in [0.3, 0.4) is 0 Å². The maximum atomic E-state index is 11.9. The number of furan rings is 1. The number of anilines is 1. The standard InChI is InChI=1S/C18H24N4O3/c1-11-5-6-16(20-10-11)22-17(23)7-8-19-18(24)21-13(3)15-9-12(2)25-14(15)4/h5-6,9-10,13H,7-8H2,1-4H3,(H2,19,21,24)(H,20,22,23). The summed E-state index contributed by atoms with van der Waals surface area (Å²) in [4.78, 5) is 27.9. The lowest BCUT2D eigenvalue weighted by atomic mass is 10.1. The summed E-state index contributed by atoms with van der Waals surface area (Å²) in [5.41, 5.74) is 1.96. The minimum Gasteiger partial charge on any atom is -0.466 e. The summed E-state index contributed by atoms with van der Waals surface area (Å²) in [5.74, 6) is 1.89. The summed E-state index contributed by atoms with van der Waals surface area (Å²) in [6, 6.07) is 5.01. The molecule has 0 radical (unpaired) electrons. The number of hydrogen-bond donors (Lipinski definition) is 3. The van der Waals surface area contributed by atoms with Crippen molar-refractivity contribution in [3.63, 3.8) is 0 Å². The van der Waals surface area contributed by atoms with E-state index < -0.39 is 0 Å². The molecular formula is C18H24N4O3. The number of carbonyl (C=O) groups is 2. The monoisotopic (exact) mass is 344 g/mol. The van der Waals surface area contributed by atoms with Crippen LogP contribution in [0.1, 0.15) is 42.0 Å². The summed E-state index contributed by atoms with van der Waals surface area (Å²) in [7, 11) is 0. The van der Waals surface area contributed by atoms with Crippen molar-refractivity contribution in [2.45, 2.75) is 40.2 Å². The Hall–Kier alpha value is -2.83. The SMILES string of the molecule is Cc1ccc(NC(=O)CCNC(=O)NC(C)c2cc(C)oc2C)nc1. The van der Waals surface area contributed by atoms with Crippen LogP contribution in [-0.2, 0) is 4.79 Å². The molecule has 0 fully saturated rings. The minimum absolute atomic E-state index is 0.168. The Morgan fingerprint density at radius 1 is 1.24 bits per heavy atom. The molecule has 2 rings (SSSR count). The van der Waals surface area contributed by atoms with E-state index in [-0.39, 0.29) is 30.9 Å². The van der Waals surface area contributed by atoms with Crippen LogP contribution in [0.4, 0.5) is 10.6 Å². The zero-order chi connectivity index (χ0) is 18.4. The molecule has 2 heterocycles. The molecule has 2 aromatic rings. The first-order chi connectivity index (χ1) is 11.8. The van der Waals surface area contributed by atoms with Crippen LogP contribution in [0.2, 0.25) is 0 Å². The van der Waals surface area contributed by atoms with E-state index in [4.69, 9.17) is 4.42 Å². The Kier molecular flexibility index (Phi) is 6.16. The van der Waals surface area contributed by atoms with E-state index in [1.807, 2.05) is 39.8 Å². The number of rotatable bonds is 6. The molecule has 0 spiro atoms. The third-order valence-electron chi connectivity index (χ3n) is 3.71. The van der Waals surface area contributed by atoms with Crippen LogP contribution in [-0.4, -0.2) is 23.5 Å². The molecule has 3 amide bonds. The second-order valence-corrected chi connectivity index (χ2v) is 6.01. The molecular weight excluding hydrogens is 320 g/mol.